The van der Waals surface area contributed by atoms with E-state index in [1.165, 1.54) is 5.69 Å². The minimum Gasteiger partial charge on any atom is -0.313 e. The van der Waals surface area contributed by atoms with E-state index in [1.807, 2.05) is 36.9 Å². The molecular weight excluding hydrogens is 373 g/mol. The molecule has 1 N–H and O–H groups in total. The molecule has 2 aromatic rings. The Hall–Kier alpha value is -0.550. The number of nitrogens with one attached hydrogen (secondary N) is 1. The van der Waals surface area contributed by atoms with Gasteiger partial charge in [-0.05, 0) is 54.5 Å². The van der Waals surface area contributed by atoms with Gasteiger partial charge in [-0.15, -0.1) is 0 Å². The highest BCUT2D eigenvalue weighted by atomic mass is 79.9. The number of hydrogen-bond donors (Lipinski definition) is 1. The predicted molar refractivity (Wildman–Crippen MR) is 92.3 cm³/mol. The molecule has 21 heavy (non-hydrogen) atoms. The van der Waals surface area contributed by atoms with Crippen molar-refractivity contribution in [2.75, 3.05) is 7.05 Å². The molecular formula is C15H18BrCl2N3. The van der Waals surface area contributed by atoms with Crippen LogP contribution in [0.25, 0.3) is 0 Å². The maximum Gasteiger partial charge on any atom is 0.0738 e. The molecule has 1 aromatic heterocycles. The van der Waals surface area contributed by atoms with Gasteiger partial charge in [0, 0.05) is 19.0 Å². The van der Waals surface area contributed by atoms with Gasteiger partial charge in [0.1, 0.15) is 0 Å². The summed E-state index contributed by atoms with van der Waals surface area (Å²) in [6, 6.07) is 5.90. The summed E-state index contributed by atoms with van der Waals surface area (Å²) in [7, 11) is 1.95. The van der Waals surface area contributed by atoms with E-state index < -0.39 is 0 Å². The molecule has 2 rings (SSSR count). The Morgan fingerprint density at radius 2 is 2.05 bits per heavy atom. The van der Waals surface area contributed by atoms with Crippen LogP contribution < -0.4 is 5.32 Å². The van der Waals surface area contributed by atoms with Gasteiger partial charge in [-0.1, -0.05) is 29.3 Å². The second kappa shape index (κ2) is 7.14. The summed E-state index contributed by atoms with van der Waals surface area (Å²) in [6.07, 6.45) is 0.823. The monoisotopic (exact) mass is 389 g/mol. The van der Waals surface area contributed by atoms with Crippen molar-refractivity contribution in [3.8, 4) is 0 Å². The van der Waals surface area contributed by atoms with Crippen molar-refractivity contribution in [2.45, 2.75) is 32.9 Å². The molecule has 114 valence electrons. The third-order valence-corrected chi connectivity index (χ3v) is 5.32. The van der Waals surface area contributed by atoms with Crippen LogP contribution in [0.2, 0.25) is 10.0 Å². The fourth-order valence-corrected chi connectivity index (χ4v) is 3.13. The molecule has 3 nitrogen and oxygen atoms in total. The maximum atomic E-state index is 6.13. The van der Waals surface area contributed by atoms with Crippen molar-refractivity contribution >= 4 is 39.1 Å². The minimum atomic E-state index is 0.150. The van der Waals surface area contributed by atoms with Crippen molar-refractivity contribution in [1.82, 2.24) is 15.1 Å². The van der Waals surface area contributed by atoms with Gasteiger partial charge in [0.05, 0.1) is 25.9 Å². The Bertz CT molecular complexity index is 640. The van der Waals surface area contributed by atoms with Crippen molar-refractivity contribution in [1.29, 1.82) is 0 Å². The van der Waals surface area contributed by atoms with Gasteiger partial charge in [0.2, 0.25) is 0 Å². The van der Waals surface area contributed by atoms with E-state index in [1.54, 1.807) is 0 Å². The molecule has 1 unspecified atom stereocenters. The SMILES string of the molecule is CCn1nc(C)c(Br)c1CC(NC)c1ccc(Cl)c(Cl)c1. The van der Waals surface area contributed by atoms with E-state index in [-0.39, 0.29) is 6.04 Å². The minimum absolute atomic E-state index is 0.150. The zero-order valence-electron chi connectivity index (χ0n) is 12.3. The Balaban J connectivity index is 2.33. The first-order chi connectivity index (χ1) is 9.97. The summed E-state index contributed by atoms with van der Waals surface area (Å²) in [4.78, 5) is 0. The van der Waals surface area contributed by atoms with Crippen LogP contribution in [0.5, 0.6) is 0 Å². The second-order valence-electron chi connectivity index (χ2n) is 4.88. The normalized spacial score (nSPS) is 12.7. The van der Waals surface area contributed by atoms with Gasteiger partial charge >= 0.3 is 0 Å². The molecule has 1 heterocycles. The van der Waals surface area contributed by atoms with Crippen LogP contribution in [-0.2, 0) is 13.0 Å². The molecule has 0 aliphatic rings. The molecule has 1 aromatic carbocycles. The highest BCUT2D eigenvalue weighted by Crippen LogP contribution is 2.29. The first-order valence-electron chi connectivity index (χ1n) is 6.81. The number of rotatable bonds is 5. The van der Waals surface area contributed by atoms with Crippen LogP contribution >= 0.6 is 39.1 Å². The molecule has 0 amide bonds. The first kappa shape index (κ1) is 16.8. The molecule has 6 heteroatoms. The molecule has 0 saturated carbocycles. The topological polar surface area (TPSA) is 29.9 Å². The summed E-state index contributed by atoms with van der Waals surface area (Å²) in [5.74, 6) is 0. The third-order valence-electron chi connectivity index (χ3n) is 3.54. The number of aryl methyl sites for hydroxylation is 2. The van der Waals surface area contributed by atoms with Crippen LogP contribution in [0.3, 0.4) is 0 Å². The fourth-order valence-electron chi connectivity index (χ4n) is 2.37. The molecule has 0 bridgehead atoms. The Morgan fingerprint density at radius 1 is 1.33 bits per heavy atom. The summed E-state index contributed by atoms with van der Waals surface area (Å²) >= 11 is 15.8. The molecule has 0 saturated heterocycles. The zero-order chi connectivity index (χ0) is 15.6. The van der Waals surface area contributed by atoms with Crippen LogP contribution in [0, 0.1) is 6.92 Å². The van der Waals surface area contributed by atoms with Gasteiger partial charge in [-0.25, -0.2) is 0 Å². The maximum absolute atomic E-state index is 6.13. The lowest BCUT2D eigenvalue weighted by molar-refractivity contribution is 0.540. The Kier molecular flexibility index (Phi) is 5.72. The van der Waals surface area contributed by atoms with Crippen molar-refractivity contribution in [3.63, 3.8) is 0 Å². The quantitative estimate of drug-likeness (QED) is 0.795. The molecule has 0 aliphatic heterocycles. The molecule has 0 radical (unpaired) electrons. The van der Waals surface area contributed by atoms with Crippen LogP contribution in [0.4, 0.5) is 0 Å². The molecule has 0 aliphatic carbocycles. The number of benzene rings is 1. The average Bonchev–Trinajstić information content (AvgIpc) is 2.75. The molecule has 1 atom stereocenters. The Morgan fingerprint density at radius 3 is 2.62 bits per heavy atom. The average molecular weight is 391 g/mol. The van der Waals surface area contributed by atoms with Crippen LogP contribution in [-0.4, -0.2) is 16.8 Å². The van der Waals surface area contributed by atoms with Gasteiger partial charge < -0.3 is 5.32 Å². The van der Waals surface area contributed by atoms with Gasteiger partial charge in [-0.2, -0.15) is 5.10 Å². The first-order valence-corrected chi connectivity index (χ1v) is 8.36. The highest BCUT2D eigenvalue weighted by molar-refractivity contribution is 9.10. The summed E-state index contributed by atoms with van der Waals surface area (Å²) in [5, 5.41) is 9.03. The van der Waals surface area contributed by atoms with E-state index in [0.29, 0.717) is 10.0 Å². The third kappa shape index (κ3) is 3.62. The summed E-state index contributed by atoms with van der Waals surface area (Å²) in [5.41, 5.74) is 3.30. The highest BCUT2D eigenvalue weighted by Gasteiger charge is 2.18. The Labute approximate surface area is 143 Å². The number of likely N-dealkylation sites (N-methyl/N-ethyl adjacent to an activating group) is 1. The molecule has 0 spiro atoms. The van der Waals surface area contributed by atoms with E-state index in [4.69, 9.17) is 23.2 Å². The van der Waals surface area contributed by atoms with Crippen LogP contribution in [0.15, 0.2) is 22.7 Å². The fraction of sp³-hybridized carbons (Fsp3) is 0.400. The lowest BCUT2D eigenvalue weighted by Gasteiger charge is -2.18. The van der Waals surface area contributed by atoms with Gasteiger partial charge in [0.15, 0.2) is 0 Å². The summed E-state index contributed by atoms with van der Waals surface area (Å²) < 4.78 is 3.10. The lowest BCUT2D eigenvalue weighted by atomic mass is 10.0. The van der Waals surface area contributed by atoms with Crippen molar-refractivity contribution in [2.24, 2.45) is 0 Å². The second-order valence-corrected chi connectivity index (χ2v) is 6.49. The zero-order valence-corrected chi connectivity index (χ0v) is 15.3. The van der Waals surface area contributed by atoms with E-state index in [0.717, 1.165) is 28.7 Å². The standard InChI is InChI=1S/C15H18BrCl2N3/c1-4-21-14(15(16)9(2)20-21)8-13(19-3)10-5-6-11(17)12(18)7-10/h5-7,13,19H,4,8H2,1-3H3. The van der Waals surface area contributed by atoms with Gasteiger partial charge in [0.25, 0.3) is 0 Å². The van der Waals surface area contributed by atoms with E-state index >= 15 is 0 Å². The smallest absolute Gasteiger partial charge is 0.0738 e. The number of hydrogen-bond acceptors (Lipinski definition) is 2. The van der Waals surface area contributed by atoms with Crippen molar-refractivity contribution in [3.05, 3.63) is 49.7 Å². The van der Waals surface area contributed by atoms with E-state index in [2.05, 4.69) is 33.3 Å². The molecule has 0 fully saturated rings. The number of aromatic nitrogens is 2. The van der Waals surface area contributed by atoms with Gasteiger partial charge in [-0.3, -0.25) is 4.68 Å². The number of halogens is 3. The van der Waals surface area contributed by atoms with Crippen LogP contribution in [0.1, 0.15) is 29.9 Å². The number of nitrogens with zero attached hydrogens (tertiary/aromatic N) is 2. The van der Waals surface area contributed by atoms with E-state index in [9.17, 15) is 0 Å². The largest absolute Gasteiger partial charge is 0.313 e. The van der Waals surface area contributed by atoms with Crippen molar-refractivity contribution < 1.29 is 0 Å². The lowest BCUT2D eigenvalue weighted by Crippen LogP contribution is -2.20. The predicted octanol–water partition coefficient (Wildman–Crippen LogP) is 4.78. The summed E-state index contributed by atoms with van der Waals surface area (Å²) in [6.45, 7) is 4.95.